The average molecular weight is 311 g/mol. The lowest BCUT2D eigenvalue weighted by Crippen LogP contribution is -2.10. The van der Waals surface area contributed by atoms with E-state index in [9.17, 15) is 0 Å². The Morgan fingerprint density at radius 2 is 0.955 bits per heavy atom. The maximum absolute atomic E-state index is 2.40. The minimum Gasteiger partial charge on any atom is -0.0654 e. The minimum absolute atomic E-state index is 0.999. The van der Waals surface area contributed by atoms with Crippen molar-refractivity contribution in [3.8, 4) is 0 Å². The minimum atomic E-state index is 0.999. The van der Waals surface area contributed by atoms with Crippen LogP contribution < -0.4 is 0 Å². The molecule has 3 atom stereocenters. The fourth-order valence-electron chi connectivity index (χ4n) is 3.98. The summed E-state index contributed by atoms with van der Waals surface area (Å²) in [6.07, 6.45) is 20.2. The van der Waals surface area contributed by atoms with E-state index in [-0.39, 0.29) is 0 Å². The van der Waals surface area contributed by atoms with Gasteiger partial charge in [0.25, 0.3) is 0 Å². The van der Waals surface area contributed by atoms with Crippen LogP contribution in [0.5, 0.6) is 0 Å². The van der Waals surface area contributed by atoms with Crippen molar-refractivity contribution in [3.63, 3.8) is 0 Å². The molecule has 0 nitrogen and oxygen atoms in total. The second-order valence-corrected chi connectivity index (χ2v) is 7.65. The molecular formula is C22H46. The van der Waals surface area contributed by atoms with Gasteiger partial charge < -0.3 is 0 Å². The second kappa shape index (κ2) is 15.9. The highest BCUT2D eigenvalue weighted by molar-refractivity contribution is 4.68. The molecule has 3 unspecified atom stereocenters. The average Bonchev–Trinajstić information content (AvgIpc) is 2.54. The van der Waals surface area contributed by atoms with Crippen molar-refractivity contribution < 1.29 is 0 Å². The molecule has 0 aromatic rings. The summed E-state index contributed by atoms with van der Waals surface area (Å²) in [5.74, 6) is 3.01. The first-order valence-electron chi connectivity index (χ1n) is 10.7. The molecule has 0 aliphatic rings. The van der Waals surface area contributed by atoms with Gasteiger partial charge in [-0.3, -0.25) is 0 Å². The lowest BCUT2D eigenvalue weighted by molar-refractivity contribution is 0.291. The highest BCUT2D eigenvalue weighted by Gasteiger charge is 2.15. The first kappa shape index (κ1) is 22.0. The summed E-state index contributed by atoms with van der Waals surface area (Å²) >= 11 is 0. The quantitative estimate of drug-likeness (QED) is 0.268. The first-order chi connectivity index (χ1) is 10.7. The molecule has 0 heteroatoms. The maximum atomic E-state index is 2.40. The Morgan fingerprint density at radius 1 is 0.455 bits per heavy atom. The molecule has 134 valence electrons. The van der Waals surface area contributed by atoms with E-state index in [2.05, 4.69) is 34.6 Å². The van der Waals surface area contributed by atoms with E-state index < -0.39 is 0 Å². The highest BCUT2D eigenvalue weighted by Crippen LogP contribution is 2.29. The van der Waals surface area contributed by atoms with Gasteiger partial charge in [-0.1, -0.05) is 118 Å². The van der Waals surface area contributed by atoms with Crippen molar-refractivity contribution in [2.75, 3.05) is 0 Å². The van der Waals surface area contributed by atoms with Crippen LogP contribution in [-0.4, -0.2) is 0 Å². The Hall–Kier alpha value is 0. The topological polar surface area (TPSA) is 0 Å². The molecule has 0 fully saturated rings. The molecule has 0 N–H and O–H groups in total. The zero-order valence-electron chi connectivity index (χ0n) is 16.6. The van der Waals surface area contributed by atoms with Crippen LogP contribution in [0.2, 0.25) is 0 Å². The Labute approximate surface area is 142 Å². The van der Waals surface area contributed by atoms with Gasteiger partial charge in [-0.25, -0.2) is 0 Å². The molecule has 0 aromatic heterocycles. The van der Waals surface area contributed by atoms with Gasteiger partial charge in [0, 0.05) is 0 Å². The third kappa shape index (κ3) is 11.6. The third-order valence-corrected chi connectivity index (χ3v) is 5.67. The Kier molecular flexibility index (Phi) is 15.9. The van der Waals surface area contributed by atoms with Gasteiger partial charge in [-0.2, -0.15) is 0 Å². The van der Waals surface area contributed by atoms with E-state index in [1.54, 1.807) is 0 Å². The molecule has 0 rings (SSSR count). The molecule has 0 radical (unpaired) electrons. The molecule has 0 aliphatic carbocycles. The Bertz CT molecular complexity index is 208. The van der Waals surface area contributed by atoms with Crippen LogP contribution in [-0.2, 0) is 0 Å². The smallest absolute Gasteiger partial charge is 0.0412 e. The molecule has 0 aliphatic heterocycles. The standard InChI is InChI=1S/C22H46/c1-6-11-15-20(9-4)17-13-18-22(14-8-3)19-21(10-5)16-12-7-2/h20-22H,6-19H2,1-5H3. The van der Waals surface area contributed by atoms with Crippen LogP contribution in [0.4, 0.5) is 0 Å². The predicted molar refractivity (Wildman–Crippen MR) is 103 cm³/mol. The zero-order valence-corrected chi connectivity index (χ0v) is 16.6. The summed E-state index contributed by atoms with van der Waals surface area (Å²) in [6.45, 7) is 11.8. The van der Waals surface area contributed by atoms with Crippen LogP contribution in [0.15, 0.2) is 0 Å². The van der Waals surface area contributed by atoms with E-state index in [1.165, 1.54) is 89.9 Å². The monoisotopic (exact) mass is 310 g/mol. The molecule has 0 bridgehead atoms. The van der Waals surface area contributed by atoms with Gasteiger partial charge in [0.2, 0.25) is 0 Å². The van der Waals surface area contributed by atoms with Crippen LogP contribution >= 0.6 is 0 Å². The lowest BCUT2D eigenvalue weighted by Gasteiger charge is -2.23. The number of unbranched alkanes of at least 4 members (excludes halogenated alkanes) is 2. The number of hydrogen-bond acceptors (Lipinski definition) is 0. The van der Waals surface area contributed by atoms with Gasteiger partial charge in [0.1, 0.15) is 0 Å². The van der Waals surface area contributed by atoms with E-state index in [0.29, 0.717) is 0 Å². The van der Waals surface area contributed by atoms with E-state index in [0.717, 1.165) is 17.8 Å². The van der Waals surface area contributed by atoms with Gasteiger partial charge in [-0.05, 0) is 24.2 Å². The van der Waals surface area contributed by atoms with E-state index >= 15 is 0 Å². The SMILES string of the molecule is CCCCC(CC)CCCC(CCC)CC(CC)CCCC. The fraction of sp³-hybridized carbons (Fsp3) is 1.00. The molecule has 0 amide bonds. The first-order valence-corrected chi connectivity index (χ1v) is 10.7. The normalized spacial score (nSPS) is 15.7. The summed E-state index contributed by atoms with van der Waals surface area (Å²) in [6, 6.07) is 0. The summed E-state index contributed by atoms with van der Waals surface area (Å²) in [5.41, 5.74) is 0. The molecule has 0 saturated carbocycles. The van der Waals surface area contributed by atoms with Crippen molar-refractivity contribution in [1.29, 1.82) is 0 Å². The third-order valence-electron chi connectivity index (χ3n) is 5.67. The second-order valence-electron chi connectivity index (χ2n) is 7.65. The van der Waals surface area contributed by atoms with E-state index in [4.69, 9.17) is 0 Å². The Balaban J connectivity index is 4.10. The predicted octanol–water partition coefficient (Wildman–Crippen LogP) is 8.40. The van der Waals surface area contributed by atoms with E-state index in [1.807, 2.05) is 0 Å². The van der Waals surface area contributed by atoms with Gasteiger partial charge >= 0.3 is 0 Å². The Morgan fingerprint density at radius 3 is 1.45 bits per heavy atom. The molecule has 0 spiro atoms. The van der Waals surface area contributed by atoms with Crippen molar-refractivity contribution in [3.05, 3.63) is 0 Å². The molecule has 0 aromatic carbocycles. The van der Waals surface area contributed by atoms with Crippen LogP contribution in [0.3, 0.4) is 0 Å². The number of rotatable bonds is 16. The maximum Gasteiger partial charge on any atom is -0.0412 e. The van der Waals surface area contributed by atoms with Crippen molar-refractivity contribution in [2.45, 2.75) is 125 Å². The molecule has 22 heavy (non-hydrogen) atoms. The van der Waals surface area contributed by atoms with Crippen molar-refractivity contribution >= 4 is 0 Å². The molecule has 0 saturated heterocycles. The van der Waals surface area contributed by atoms with Crippen molar-refractivity contribution in [1.82, 2.24) is 0 Å². The largest absolute Gasteiger partial charge is 0.0654 e. The molecule has 0 heterocycles. The van der Waals surface area contributed by atoms with Crippen molar-refractivity contribution in [2.24, 2.45) is 17.8 Å². The van der Waals surface area contributed by atoms with Crippen LogP contribution in [0, 0.1) is 17.8 Å². The van der Waals surface area contributed by atoms with Gasteiger partial charge in [0.05, 0.1) is 0 Å². The molecular weight excluding hydrogens is 264 g/mol. The summed E-state index contributed by atoms with van der Waals surface area (Å²) < 4.78 is 0. The summed E-state index contributed by atoms with van der Waals surface area (Å²) in [4.78, 5) is 0. The highest BCUT2D eigenvalue weighted by atomic mass is 14.2. The van der Waals surface area contributed by atoms with Crippen LogP contribution in [0.25, 0.3) is 0 Å². The lowest BCUT2D eigenvalue weighted by atomic mass is 9.83. The summed E-state index contributed by atoms with van der Waals surface area (Å²) in [7, 11) is 0. The summed E-state index contributed by atoms with van der Waals surface area (Å²) in [5, 5.41) is 0. The van der Waals surface area contributed by atoms with Gasteiger partial charge in [-0.15, -0.1) is 0 Å². The van der Waals surface area contributed by atoms with Crippen LogP contribution in [0.1, 0.15) is 125 Å². The zero-order chi connectivity index (χ0) is 16.6. The van der Waals surface area contributed by atoms with Gasteiger partial charge in [0.15, 0.2) is 0 Å². The number of hydrogen-bond donors (Lipinski definition) is 0. The fourth-order valence-corrected chi connectivity index (χ4v) is 3.98.